The molecule has 3 atom stereocenters. The molecule has 0 spiro atoms. The molecule has 0 fully saturated rings. The smallest absolute Gasteiger partial charge is 0.335 e. The second kappa shape index (κ2) is 4.85. The van der Waals surface area contributed by atoms with Crippen LogP contribution in [-0.4, -0.2) is 38.3 Å². The van der Waals surface area contributed by atoms with Crippen molar-refractivity contribution in [2.24, 2.45) is 11.7 Å². The third kappa shape index (κ3) is 3.71. The standard InChI is InChI=1S/C7H14NO6P/c1-3(5(8)7(10)11)6(9)4(2)15(12,13)14/h3-5H,8H2,1-2H3,(H,10,11)(H2,12,13,14)/t3?,4?,5-/m0/s1. The summed E-state index contributed by atoms with van der Waals surface area (Å²) in [4.78, 5) is 39.3. The number of carboxylic acid groups (broad SMARTS) is 1. The topological polar surface area (TPSA) is 138 Å². The highest BCUT2D eigenvalue weighted by Crippen LogP contribution is 2.42. The lowest BCUT2D eigenvalue weighted by molar-refractivity contribution is -0.142. The highest BCUT2D eigenvalue weighted by molar-refractivity contribution is 7.53. The molecule has 0 amide bonds. The van der Waals surface area contributed by atoms with E-state index in [2.05, 4.69) is 0 Å². The van der Waals surface area contributed by atoms with E-state index in [1.54, 1.807) is 0 Å². The van der Waals surface area contributed by atoms with Crippen molar-refractivity contribution in [3.63, 3.8) is 0 Å². The predicted molar refractivity (Wildman–Crippen MR) is 51.3 cm³/mol. The fourth-order valence-electron chi connectivity index (χ4n) is 0.937. The van der Waals surface area contributed by atoms with Gasteiger partial charge in [0.25, 0.3) is 0 Å². The summed E-state index contributed by atoms with van der Waals surface area (Å²) < 4.78 is 10.8. The summed E-state index contributed by atoms with van der Waals surface area (Å²) in [6.07, 6.45) is 0. The molecule has 0 saturated heterocycles. The Morgan fingerprint density at radius 3 is 1.93 bits per heavy atom. The predicted octanol–water partition coefficient (Wildman–Crippen LogP) is -0.830. The minimum atomic E-state index is -4.53. The Morgan fingerprint density at radius 1 is 1.27 bits per heavy atom. The summed E-state index contributed by atoms with van der Waals surface area (Å²) in [5.74, 6) is -3.36. The molecule has 5 N–H and O–H groups in total. The number of hydrogen-bond acceptors (Lipinski definition) is 4. The summed E-state index contributed by atoms with van der Waals surface area (Å²) in [5, 5.41) is 8.51. The van der Waals surface area contributed by atoms with Gasteiger partial charge in [0.15, 0.2) is 5.78 Å². The number of carboxylic acids is 1. The lowest BCUT2D eigenvalue weighted by Gasteiger charge is -2.19. The second-order valence-electron chi connectivity index (χ2n) is 3.32. The van der Waals surface area contributed by atoms with E-state index >= 15 is 0 Å². The second-order valence-corrected chi connectivity index (χ2v) is 5.27. The van der Waals surface area contributed by atoms with Crippen molar-refractivity contribution in [2.45, 2.75) is 25.5 Å². The highest BCUT2D eigenvalue weighted by atomic mass is 31.2. The van der Waals surface area contributed by atoms with Crippen molar-refractivity contribution in [3.05, 3.63) is 0 Å². The third-order valence-corrected chi connectivity index (χ3v) is 3.45. The molecule has 0 rings (SSSR count). The Labute approximate surface area is 86.4 Å². The molecule has 0 bridgehead atoms. The zero-order valence-corrected chi connectivity index (χ0v) is 9.22. The molecule has 0 aliphatic carbocycles. The Bertz CT molecular complexity index is 311. The van der Waals surface area contributed by atoms with Gasteiger partial charge in [-0.25, -0.2) is 0 Å². The van der Waals surface area contributed by atoms with Crippen molar-refractivity contribution in [1.29, 1.82) is 0 Å². The van der Waals surface area contributed by atoms with Crippen LogP contribution in [0.5, 0.6) is 0 Å². The summed E-state index contributed by atoms with van der Waals surface area (Å²) in [6, 6.07) is -1.45. The molecule has 0 aliphatic heterocycles. The van der Waals surface area contributed by atoms with Crippen molar-refractivity contribution < 1.29 is 29.0 Å². The maximum atomic E-state index is 11.4. The first-order valence-electron chi connectivity index (χ1n) is 4.16. The van der Waals surface area contributed by atoms with Gasteiger partial charge in [0.2, 0.25) is 0 Å². The molecule has 2 unspecified atom stereocenters. The van der Waals surface area contributed by atoms with E-state index < -0.39 is 37.0 Å². The molecular weight excluding hydrogens is 225 g/mol. The molecule has 0 radical (unpaired) electrons. The van der Waals surface area contributed by atoms with E-state index in [1.165, 1.54) is 6.92 Å². The van der Waals surface area contributed by atoms with Gasteiger partial charge in [-0.2, -0.15) is 0 Å². The van der Waals surface area contributed by atoms with Gasteiger partial charge in [-0.1, -0.05) is 6.92 Å². The summed E-state index contributed by atoms with van der Waals surface area (Å²) in [7, 11) is -4.53. The molecule has 0 aromatic heterocycles. The van der Waals surface area contributed by atoms with Crippen LogP contribution in [0.1, 0.15) is 13.8 Å². The largest absolute Gasteiger partial charge is 0.480 e. The Kier molecular flexibility index (Phi) is 4.61. The molecule has 15 heavy (non-hydrogen) atoms. The quantitative estimate of drug-likeness (QED) is 0.459. The molecular formula is C7H14NO6P. The number of carbonyl (C=O) groups excluding carboxylic acids is 1. The average Bonchev–Trinajstić information content (AvgIpc) is 2.11. The van der Waals surface area contributed by atoms with Crippen LogP contribution in [0.3, 0.4) is 0 Å². The van der Waals surface area contributed by atoms with Gasteiger partial charge in [-0.15, -0.1) is 0 Å². The minimum Gasteiger partial charge on any atom is -0.480 e. The van der Waals surface area contributed by atoms with Gasteiger partial charge >= 0.3 is 13.6 Å². The maximum Gasteiger partial charge on any atom is 0.335 e. The number of carbonyl (C=O) groups is 2. The molecule has 7 nitrogen and oxygen atoms in total. The van der Waals surface area contributed by atoms with Crippen LogP contribution in [0, 0.1) is 5.92 Å². The summed E-state index contributed by atoms with van der Waals surface area (Å²) in [6.45, 7) is 2.28. The van der Waals surface area contributed by atoms with E-state index in [0.717, 1.165) is 6.92 Å². The molecule has 0 aromatic carbocycles. The van der Waals surface area contributed by atoms with Gasteiger partial charge in [0.05, 0.1) is 0 Å². The number of hydrogen-bond donors (Lipinski definition) is 4. The van der Waals surface area contributed by atoms with Gasteiger partial charge < -0.3 is 20.6 Å². The Hall–Kier alpha value is -0.750. The van der Waals surface area contributed by atoms with Crippen LogP contribution in [0.2, 0.25) is 0 Å². The van der Waals surface area contributed by atoms with Crippen LogP contribution < -0.4 is 5.73 Å². The lowest BCUT2D eigenvalue weighted by Crippen LogP contribution is -2.43. The zero-order chi connectivity index (χ0) is 12.4. The number of rotatable bonds is 5. The van der Waals surface area contributed by atoms with Gasteiger partial charge in [0, 0.05) is 5.92 Å². The van der Waals surface area contributed by atoms with Crippen LogP contribution in [0.25, 0.3) is 0 Å². The van der Waals surface area contributed by atoms with Crippen LogP contribution in [-0.2, 0) is 14.2 Å². The number of nitrogens with two attached hydrogens (primary N) is 1. The third-order valence-electron chi connectivity index (χ3n) is 2.19. The van der Waals surface area contributed by atoms with Crippen LogP contribution >= 0.6 is 7.60 Å². The van der Waals surface area contributed by atoms with E-state index in [4.69, 9.17) is 20.6 Å². The van der Waals surface area contributed by atoms with Crippen LogP contribution in [0.4, 0.5) is 0 Å². The monoisotopic (exact) mass is 239 g/mol. The number of aliphatic carboxylic acids is 1. The zero-order valence-electron chi connectivity index (χ0n) is 8.32. The van der Waals surface area contributed by atoms with E-state index in [1.807, 2.05) is 0 Å². The first-order valence-corrected chi connectivity index (χ1v) is 5.84. The minimum absolute atomic E-state index is 0.849. The summed E-state index contributed by atoms with van der Waals surface area (Å²) >= 11 is 0. The average molecular weight is 239 g/mol. The molecule has 0 saturated carbocycles. The highest BCUT2D eigenvalue weighted by Gasteiger charge is 2.37. The fourth-order valence-corrected chi connectivity index (χ4v) is 1.50. The van der Waals surface area contributed by atoms with E-state index in [9.17, 15) is 14.2 Å². The van der Waals surface area contributed by atoms with Crippen LogP contribution in [0.15, 0.2) is 0 Å². The Morgan fingerprint density at radius 2 is 1.67 bits per heavy atom. The van der Waals surface area contributed by atoms with Gasteiger partial charge in [-0.05, 0) is 6.92 Å². The maximum absolute atomic E-state index is 11.4. The molecule has 0 aromatic rings. The van der Waals surface area contributed by atoms with Crippen molar-refractivity contribution >= 4 is 19.3 Å². The number of ketones is 1. The SMILES string of the molecule is CC(C(=O)C(C)P(=O)(O)O)[C@H](N)C(=O)O. The first-order chi connectivity index (χ1) is 6.59. The Balaban J connectivity index is 4.73. The van der Waals surface area contributed by atoms with Gasteiger partial charge in [-0.3, -0.25) is 14.2 Å². The molecule has 88 valence electrons. The fraction of sp³-hybridized carbons (Fsp3) is 0.714. The molecule has 0 heterocycles. The first kappa shape index (κ1) is 14.2. The normalized spacial score (nSPS) is 17.9. The molecule has 8 heteroatoms. The lowest BCUT2D eigenvalue weighted by atomic mass is 9.96. The van der Waals surface area contributed by atoms with Crippen molar-refractivity contribution in [1.82, 2.24) is 0 Å². The summed E-state index contributed by atoms with van der Waals surface area (Å²) in [5.41, 5.74) is 3.64. The molecule has 0 aliphatic rings. The van der Waals surface area contributed by atoms with Gasteiger partial charge in [0.1, 0.15) is 11.7 Å². The van der Waals surface area contributed by atoms with Crippen molar-refractivity contribution in [2.75, 3.05) is 0 Å². The number of Topliss-reactive ketones (excluding diaryl/α,β-unsaturated/α-hetero) is 1. The van der Waals surface area contributed by atoms with Crippen molar-refractivity contribution in [3.8, 4) is 0 Å². The van der Waals surface area contributed by atoms with E-state index in [-0.39, 0.29) is 0 Å². The van der Waals surface area contributed by atoms with E-state index in [0.29, 0.717) is 0 Å².